The summed E-state index contributed by atoms with van der Waals surface area (Å²) in [7, 11) is 2.06. The van der Waals surface area contributed by atoms with E-state index in [2.05, 4.69) is 46.9 Å². The molecule has 1 N–H and O–H groups in total. The molecule has 4 nitrogen and oxygen atoms in total. The standard InChI is InChI=1S/C13H24N4/c1-11(2)17-8-6-15-13(17)10-16-7-4-5-12(9-16)14-3/h6,8,11-12,14H,4-5,7,9-10H2,1-3H3. The summed E-state index contributed by atoms with van der Waals surface area (Å²) >= 11 is 0. The average Bonchev–Trinajstić information content (AvgIpc) is 2.77. The van der Waals surface area contributed by atoms with Gasteiger partial charge in [-0.05, 0) is 40.3 Å². The fraction of sp³-hybridized carbons (Fsp3) is 0.769. The summed E-state index contributed by atoms with van der Waals surface area (Å²) in [6, 6.07) is 1.14. The predicted molar refractivity (Wildman–Crippen MR) is 70.0 cm³/mol. The van der Waals surface area contributed by atoms with Crippen LogP contribution in [0.2, 0.25) is 0 Å². The van der Waals surface area contributed by atoms with E-state index < -0.39 is 0 Å². The van der Waals surface area contributed by atoms with Crippen LogP contribution >= 0.6 is 0 Å². The molecule has 1 unspecified atom stereocenters. The number of imidazole rings is 1. The number of nitrogens with zero attached hydrogens (tertiary/aromatic N) is 3. The molecule has 17 heavy (non-hydrogen) atoms. The Morgan fingerprint density at radius 1 is 1.53 bits per heavy atom. The molecule has 1 atom stereocenters. The monoisotopic (exact) mass is 236 g/mol. The number of hydrogen-bond donors (Lipinski definition) is 1. The summed E-state index contributed by atoms with van der Waals surface area (Å²) in [5.41, 5.74) is 0. The minimum absolute atomic E-state index is 0.498. The summed E-state index contributed by atoms with van der Waals surface area (Å²) in [6.45, 7) is 7.73. The number of rotatable bonds is 4. The van der Waals surface area contributed by atoms with Crippen LogP contribution in [0.4, 0.5) is 0 Å². The normalized spacial score (nSPS) is 22.2. The Morgan fingerprint density at radius 3 is 3.06 bits per heavy atom. The van der Waals surface area contributed by atoms with Gasteiger partial charge in [-0.2, -0.15) is 0 Å². The van der Waals surface area contributed by atoms with Crippen molar-refractivity contribution in [1.82, 2.24) is 19.8 Å². The zero-order valence-corrected chi connectivity index (χ0v) is 11.2. The first-order chi connectivity index (χ1) is 8.20. The first-order valence-electron chi connectivity index (χ1n) is 6.62. The number of piperidine rings is 1. The molecule has 1 aromatic heterocycles. The van der Waals surface area contributed by atoms with Gasteiger partial charge >= 0.3 is 0 Å². The number of nitrogens with one attached hydrogen (secondary N) is 1. The van der Waals surface area contributed by atoms with Crippen LogP contribution in [0.5, 0.6) is 0 Å². The Kier molecular flexibility index (Phi) is 4.18. The fourth-order valence-electron chi connectivity index (χ4n) is 2.57. The van der Waals surface area contributed by atoms with Gasteiger partial charge in [0.05, 0.1) is 6.54 Å². The van der Waals surface area contributed by atoms with Crippen LogP contribution in [0.1, 0.15) is 38.6 Å². The van der Waals surface area contributed by atoms with Crippen LogP contribution in [0.15, 0.2) is 12.4 Å². The van der Waals surface area contributed by atoms with E-state index >= 15 is 0 Å². The molecule has 0 amide bonds. The van der Waals surface area contributed by atoms with Crippen molar-refractivity contribution in [3.8, 4) is 0 Å². The van der Waals surface area contributed by atoms with Crippen LogP contribution in [0.25, 0.3) is 0 Å². The van der Waals surface area contributed by atoms with Crippen molar-refractivity contribution in [2.45, 2.75) is 45.3 Å². The Morgan fingerprint density at radius 2 is 2.35 bits per heavy atom. The summed E-state index contributed by atoms with van der Waals surface area (Å²) in [5, 5.41) is 3.38. The molecule has 96 valence electrons. The second-order valence-corrected chi connectivity index (χ2v) is 5.21. The molecule has 0 spiro atoms. The molecule has 2 rings (SSSR count). The van der Waals surface area contributed by atoms with E-state index in [-0.39, 0.29) is 0 Å². The molecule has 1 aliphatic rings. The third-order valence-corrected chi connectivity index (χ3v) is 3.58. The lowest BCUT2D eigenvalue weighted by atomic mass is 10.1. The second kappa shape index (κ2) is 5.65. The van der Waals surface area contributed by atoms with Gasteiger partial charge in [-0.1, -0.05) is 0 Å². The van der Waals surface area contributed by atoms with Crippen molar-refractivity contribution in [3.05, 3.63) is 18.2 Å². The summed E-state index contributed by atoms with van der Waals surface area (Å²) in [4.78, 5) is 6.99. The predicted octanol–water partition coefficient (Wildman–Crippen LogP) is 1.65. The third kappa shape index (κ3) is 3.07. The minimum atomic E-state index is 0.498. The molecule has 0 radical (unpaired) electrons. The molecule has 0 aliphatic carbocycles. The molecular weight excluding hydrogens is 212 g/mol. The number of likely N-dealkylation sites (tertiary alicyclic amines) is 1. The van der Waals surface area contributed by atoms with Gasteiger partial charge in [0.2, 0.25) is 0 Å². The quantitative estimate of drug-likeness (QED) is 0.863. The molecule has 2 heterocycles. The van der Waals surface area contributed by atoms with Crippen molar-refractivity contribution < 1.29 is 0 Å². The third-order valence-electron chi connectivity index (χ3n) is 3.58. The summed E-state index contributed by atoms with van der Waals surface area (Å²) < 4.78 is 2.27. The highest BCUT2D eigenvalue weighted by Crippen LogP contribution is 2.15. The van der Waals surface area contributed by atoms with Gasteiger partial charge in [0.1, 0.15) is 5.82 Å². The van der Waals surface area contributed by atoms with Crippen molar-refractivity contribution in [1.29, 1.82) is 0 Å². The molecule has 1 aliphatic heterocycles. The molecule has 1 fully saturated rings. The molecule has 0 aromatic carbocycles. The van der Waals surface area contributed by atoms with E-state index in [0.717, 1.165) is 13.1 Å². The molecule has 1 saturated heterocycles. The van der Waals surface area contributed by atoms with Gasteiger partial charge in [-0.25, -0.2) is 4.98 Å². The molecule has 1 aromatic rings. The Balaban J connectivity index is 1.98. The highest BCUT2D eigenvalue weighted by atomic mass is 15.2. The van der Waals surface area contributed by atoms with Crippen molar-refractivity contribution in [2.24, 2.45) is 0 Å². The number of likely N-dealkylation sites (N-methyl/N-ethyl adjacent to an activating group) is 1. The largest absolute Gasteiger partial charge is 0.331 e. The van der Waals surface area contributed by atoms with Gasteiger partial charge in [-0.15, -0.1) is 0 Å². The lowest BCUT2D eigenvalue weighted by Gasteiger charge is -2.32. The maximum absolute atomic E-state index is 4.48. The van der Waals surface area contributed by atoms with Crippen LogP contribution in [-0.2, 0) is 6.54 Å². The second-order valence-electron chi connectivity index (χ2n) is 5.21. The van der Waals surface area contributed by atoms with Crippen molar-refractivity contribution in [2.75, 3.05) is 20.1 Å². The van der Waals surface area contributed by atoms with E-state index in [1.54, 1.807) is 0 Å². The van der Waals surface area contributed by atoms with Gasteiger partial charge in [-0.3, -0.25) is 4.90 Å². The Hall–Kier alpha value is -0.870. The summed E-state index contributed by atoms with van der Waals surface area (Å²) in [5.74, 6) is 1.19. The van der Waals surface area contributed by atoms with Crippen LogP contribution in [0.3, 0.4) is 0 Å². The van der Waals surface area contributed by atoms with Crippen molar-refractivity contribution >= 4 is 0 Å². The van der Waals surface area contributed by atoms with Gasteiger partial charge in [0, 0.05) is 31.0 Å². The highest BCUT2D eigenvalue weighted by molar-refractivity contribution is 4.95. The van der Waals surface area contributed by atoms with Gasteiger partial charge in [0.25, 0.3) is 0 Å². The molecule has 0 saturated carbocycles. The first kappa shape index (κ1) is 12.6. The average molecular weight is 236 g/mol. The molecule has 0 bridgehead atoms. The lowest BCUT2D eigenvalue weighted by molar-refractivity contribution is 0.181. The maximum atomic E-state index is 4.48. The van der Waals surface area contributed by atoms with E-state index in [0.29, 0.717) is 12.1 Å². The highest BCUT2D eigenvalue weighted by Gasteiger charge is 2.20. The maximum Gasteiger partial charge on any atom is 0.123 e. The fourth-order valence-corrected chi connectivity index (χ4v) is 2.57. The molecular formula is C13H24N4. The Labute approximate surface area is 104 Å². The SMILES string of the molecule is CNC1CCCN(Cc2nccn2C(C)C)C1. The Bertz CT molecular complexity index is 345. The zero-order valence-electron chi connectivity index (χ0n) is 11.2. The van der Waals surface area contributed by atoms with E-state index in [9.17, 15) is 0 Å². The molecule has 4 heteroatoms. The zero-order chi connectivity index (χ0) is 12.3. The summed E-state index contributed by atoms with van der Waals surface area (Å²) in [6.07, 6.45) is 6.58. The van der Waals surface area contributed by atoms with Gasteiger partial charge in [0.15, 0.2) is 0 Å². The van der Waals surface area contributed by atoms with Crippen molar-refractivity contribution in [3.63, 3.8) is 0 Å². The van der Waals surface area contributed by atoms with Gasteiger partial charge < -0.3 is 9.88 Å². The minimum Gasteiger partial charge on any atom is -0.331 e. The van der Waals surface area contributed by atoms with E-state index in [1.165, 1.54) is 25.2 Å². The van der Waals surface area contributed by atoms with Crippen LogP contribution < -0.4 is 5.32 Å². The topological polar surface area (TPSA) is 33.1 Å². The number of aromatic nitrogens is 2. The van der Waals surface area contributed by atoms with E-state index in [1.807, 2.05) is 6.20 Å². The smallest absolute Gasteiger partial charge is 0.123 e. The van der Waals surface area contributed by atoms with E-state index in [4.69, 9.17) is 0 Å². The van der Waals surface area contributed by atoms with Crippen LogP contribution in [0, 0.1) is 0 Å². The van der Waals surface area contributed by atoms with Crippen LogP contribution in [-0.4, -0.2) is 40.6 Å². The first-order valence-corrected chi connectivity index (χ1v) is 6.62. The lowest BCUT2D eigenvalue weighted by Crippen LogP contribution is -2.44. The number of hydrogen-bond acceptors (Lipinski definition) is 3.